The number of carbonyl (C=O) groups is 2. The van der Waals surface area contributed by atoms with Crippen molar-refractivity contribution >= 4 is 29.1 Å². The Morgan fingerprint density at radius 1 is 1.52 bits per heavy atom. The van der Waals surface area contributed by atoms with Gasteiger partial charge in [0.05, 0.1) is 5.92 Å². The molecule has 1 aliphatic heterocycles. The fourth-order valence-corrected chi connectivity index (χ4v) is 2.52. The first-order valence-corrected chi connectivity index (χ1v) is 7.67. The molecule has 4 nitrogen and oxygen atoms in total. The van der Waals surface area contributed by atoms with Crippen molar-refractivity contribution in [1.29, 1.82) is 0 Å². The molecule has 1 aliphatic rings. The van der Waals surface area contributed by atoms with Gasteiger partial charge in [0, 0.05) is 29.7 Å². The number of amides is 2. The molecule has 2 amide bonds. The van der Waals surface area contributed by atoms with Crippen molar-refractivity contribution in [2.45, 2.75) is 39.7 Å². The van der Waals surface area contributed by atoms with E-state index in [1.54, 1.807) is 11.0 Å². The zero-order valence-electron chi connectivity index (χ0n) is 12.6. The molecule has 1 N–H and O–H groups in total. The summed E-state index contributed by atoms with van der Waals surface area (Å²) in [5.41, 5.74) is 1.73. The molecule has 2 rings (SSSR count). The van der Waals surface area contributed by atoms with Crippen LogP contribution in [0.4, 0.5) is 5.69 Å². The van der Waals surface area contributed by atoms with Gasteiger partial charge in [-0.2, -0.15) is 0 Å². The summed E-state index contributed by atoms with van der Waals surface area (Å²) in [7, 11) is 0. The number of anilines is 1. The molecular formula is C16H21ClN2O2. The second-order valence-corrected chi connectivity index (χ2v) is 6.06. The van der Waals surface area contributed by atoms with Gasteiger partial charge in [-0.25, -0.2) is 0 Å². The molecule has 0 spiro atoms. The predicted octanol–water partition coefficient (Wildman–Crippen LogP) is 2.92. The van der Waals surface area contributed by atoms with Gasteiger partial charge in [-0.1, -0.05) is 24.6 Å². The van der Waals surface area contributed by atoms with Crippen molar-refractivity contribution in [1.82, 2.24) is 5.32 Å². The molecule has 5 heteroatoms. The molecule has 0 radical (unpaired) electrons. The lowest BCUT2D eigenvalue weighted by Gasteiger charge is -2.18. The summed E-state index contributed by atoms with van der Waals surface area (Å²) in [6.07, 6.45) is 1.14. The van der Waals surface area contributed by atoms with E-state index in [9.17, 15) is 9.59 Å². The summed E-state index contributed by atoms with van der Waals surface area (Å²) in [4.78, 5) is 25.9. The van der Waals surface area contributed by atoms with Crippen LogP contribution in [0.2, 0.25) is 5.02 Å². The van der Waals surface area contributed by atoms with Crippen LogP contribution in [0, 0.1) is 12.8 Å². The summed E-state index contributed by atoms with van der Waals surface area (Å²) >= 11 is 6.11. The molecule has 0 bridgehead atoms. The minimum Gasteiger partial charge on any atom is -0.353 e. The lowest BCUT2D eigenvalue weighted by atomic mass is 10.1. The molecule has 1 fully saturated rings. The third-order valence-corrected chi connectivity index (χ3v) is 4.37. The van der Waals surface area contributed by atoms with E-state index in [-0.39, 0.29) is 30.2 Å². The first kappa shape index (κ1) is 15.8. The number of nitrogens with zero attached hydrogens (tertiary/aromatic N) is 1. The second kappa shape index (κ2) is 6.48. The lowest BCUT2D eigenvalue weighted by molar-refractivity contribution is -0.126. The number of nitrogens with one attached hydrogen (secondary N) is 1. The van der Waals surface area contributed by atoms with E-state index in [1.165, 1.54) is 0 Å². The van der Waals surface area contributed by atoms with Gasteiger partial charge in [-0.05, 0) is 38.0 Å². The molecule has 0 aromatic heterocycles. The third kappa shape index (κ3) is 3.56. The van der Waals surface area contributed by atoms with Crippen LogP contribution in [0.15, 0.2) is 18.2 Å². The molecule has 1 aromatic carbocycles. The average Bonchev–Trinajstić information content (AvgIpc) is 2.84. The van der Waals surface area contributed by atoms with Crippen LogP contribution in [0.3, 0.4) is 0 Å². The fourth-order valence-electron chi connectivity index (χ4n) is 2.35. The minimum atomic E-state index is -0.286. The Morgan fingerprint density at radius 2 is 2.24 bits per heavy atom. The van der Waals surface area contributed by atoms with Gasteiger partial charge in [0.1, 0.15) is 0 Å². The quantitative estimate of drug-likeness (QED) is 0.929. The number of halogens is 1. The molecule has 21 heavy (non-hydrogen) atoms. The van der Waals surface area contributed by atoms with E-state index in [4.69, 9.17) is 11.6 Å². The summed E-state index contributed by atoms with van der Waals surface area (Å²) in [5, 5.41) is 3.57. The van der Waals surface area contributed by atoms with Crippen LogP contribution in [-0.2, 0) is 9.59 Å². The van der Waals surface area contributed by atoms with Crippen molar-refractivity contribution in [3.8, 4) is 0 Å². The molecule has 0 unspecified atom stereocenters. The Labute approximate surface area is 130 Å². The monoisotopic (exact) mass is 308 g/mol. The van der Waals surface area contributed by atoms with Gasteiger partial charge in [0.2, 0.25) is 11.8 Å². The zero-order chi connectivity index (χ0) is 15.6. The largest absolute Gasteiger partial charge is 0.353 e. The highest BCUT2D eigenvalue weighted by atomic mass is 35.5. The zero-order valence-corrected chi connectivity index (χ0v) is 13.4. The molecule has 0 saturated carbocycles. The van der Waals surface area contributed by atoms with Crippen LogP contribution < -0.4 is 10.2 Å². The van der Waals surface area contributed by atoms with Gasteiger partial charge in [0.15, 0.2) is 0 Å². The van der Waals surface area contributed by atoms with Crippen molar-refractivity contribution in [2.24, 2.45) is 5.92 Å². The maximum atomic E-state index is 12.1. The number of benzene rings is 1. The molecular weight excluding hydrogens is 288 g/mol. The standard InChI is InChI=1S/C16H21ClN2O2/c1-4-11(3)18-16(21)12-7-15(20)19(9-12)13-6-5-10(2)14(17)8-13/h5-6,8,11-12H,4,7,9H2,1-3H3,(H,18,21)/t11-,12+/m0/s1. The molecule has 1 aromatic rings. The maximum absolute atomic E-state index is 12.1. The Kier molecular flexibility index (Phi) is 4.88. The van der Waals surface area contributed by atoms with E-state index in [0.29, 0.717) is 11.6 Å². The highest BCUT2D eigenvalue weighted by molar-refractivity contribution is 6.31. The van der Waals surface area contributed by atoms with E-state index in [2.05, 4.69) is 5.32 Å². The number of rotatable bonds is 4. The maximum Gasteiger partial charge on any atom is 0.227 e. The van der Waals surface area contributed by atoms with Crippen LogP contribution >= 0.6 is 11.6 Å². The minimum absolute atomic E-state index is 0.0285. The molecule has 0 aliphatic carbocycles. The third-order valence-electron chi connectivity index (χ3n) is 3.96. The fraction of sp³-hybridized carbons (Fsp3) is 0.500. The highest BCUT2D eigenvalue weighted by Crippen LogP contribution is 2.28. The summed E-state index contributed by atoms with van der Waals surface area (Å²) < 4.78 is 0. The van der Waals surface area contributed by atoms with Crippen LogP contribution in [0.25, 0.3) is 0 Å². The van der Waals surface area contributed by atoms with Gasteiger partial charge < -0.3 is 10.2 Å². The van der Waals surface area contributed by atoms with Gasteiger partial charge in [0.25, 0.3) is 0 Å². The van der Waals surface area contributed by atoms with Crippen LogP contribution in [0.1, 0.15) is 32.3 Å². The summed E-state index contributed by atoms with van der Waals surface area (Å²) in [5.74, 6) is -0.357. The highest BCUT2D eigenvalue weighted by Gasteiger charge is 2.35. The van der Waals surface area contributed by atoms with E-state index < -0.39 is 0 Å². The van der Waals surface area contributed by atoms with E-state index >= 15 is 0 Å². The van der Waals surface area contributed by atoms with Crippen molar-refractivity contribution < 1.29 is 9.59 Å². The number of hydrogen-bond acceptors (Lipinski definition) is 2. The average molecular weight is 309 g/mol. The Balaban J connectivity index is 2.09. The van der Waals surface area contributed by atoms with Crippen molar-refractivity contribution in [2.75, 3.05) is 11.4 Å². The SMILES string of the molecule is CC[C@H](C)NC(=O)[C@@H]1CC(=O)N(c2ccc(C)c(Cl)c2)C1. The topological polar surface area (TPSA) is 49.4 Å². The van der Waals surface area contributed by atoms with E-state index in [0.717, 1.165) is 17.7 Å². The Bertz CT molecular complexity index is 559. The van der Waals surface area contributed by atoms with Crippen LogP contribution in [-0.4, -0.2) is 24.4 Å². The van der Waals surface area contributed by atoms with Crippen LogP contribution in [0.5, 0.6) is 0 Å². The number of aryl methyl sites for hydroxylation is 1. The molecule has 114 valence electrons. The first-order chi connectivity index (χ1) is 9.92. The summed E-state index contributed by atoms with van der Waals surface area (Å²) in [6.45, 7) is 6.32. The van der Waals surface area contributed by atoms with Gasteiger partial charge in [-0.15, -0.1) is 0 Å². The molecule has 1 heterocycles. The van der Waals surface area contributed by atoms with Crippen molar-refractivity contribution in [3.63, 3.8) is 0 Å². The smallest absolute Gasteiger partial charge is 0.227 e. The summed E-state index contributed by atoms with van der Waals surface area (Å²) in [6, 6.07) is 5.67. The number of hydrogen-bond donors (Lipinski definition) is 1. The predicted molar refractivity (Wildman–Crippen MR) is 84.5 cm³/mol. The number of carbonyl (C=O) groups excluding carboxylic acids is 2. The van der Waals surface area contributed by atoms with Gasteiger partial charge in [-0.3, -0.25) is 9.59 Å². The van der Waals surface area contributed by atoms with Crippen molar-refractivity contribution in [3.05, 3.63) is 28.8 Å². The normalized spacial score (nSPS) is 19.7. The van der Waals surface area contributed by atoms with Gasteiger partial charge >= 0.3 is 0 Å². The Morgan fingerprint density at radius 3 is 2.86 bits per heavy atom. The Hall–Kier alpha value is -1.55. The first-order valence-electron chi connectivity index (χ1n) is 7.29. The second-order valence-electron chi connectivity index (χ2n) is 5.66. The lowest BCUT2D eigenvalue weighted by Crippen LogP contribution is -2.38. The molecule has 1 saturated heterocycles. The molecule has 2 atom stereocenters. The van der Waals surface area contributed by atoms with E-state index in [1.807, 2.05) is 32.9 Å².